The molecule has 0 aliphatic heterocycles. The van der Waals surface area contributed by atoms with Gasteiger partial charge in [0.15, 0.2) is 0 Å². The van der Waals surface area contributed by atoms with Gasteiger partial charge in [0.05, 0.1) is 11.5 Å². The maximum absolute atomic E-state index is 10.8. The van der Waals surface area contributed by atoms with E-state index in [-0.39, 0.29) is 16.9 Å². The Kier molecular flexibility index (Phi) is 4.12. The molecule has 0 spiro atoms. The number of ether oxygens (including phenoxy) is 1. The number of nitro groups is 1. The molecule has 1 fully saturated rings. The third-order valence-electron chi connectivity index (χ3n) is 3.32. The van der Waals surface area contributed by atoms with Crippen molar-refractivity contribution < 1.29 is 14.9 Å². The molecule has 0 bridgehead atoms. The lowest BCUT2D eigenvalue weighted by Crippen LogP contribution is -2.22. The van der Waals surface area contributed by atoms with Gasteiger partial charge < -0.3 is 15.7 Å². The van der Waals surface area contributed by atoms with Gasteiger partial charge in [0.1, 0.15) is 16.1 Å². The Balaban J connectivity index is 2.05. The van der Waals surface area contributed by atoms with Gasteiger partial charge in [0.2, 0.25) is 0 Å². The quantitative estimate of drug-likeness (QED) is 0.271. The molecule has 20 heavy (non-hydrogen) atoms. The molecular weight excluding hydrogens is 330 g/mol. The third-order valence-corrected chi connectivity index (χ3v) is 4.11. The maximum atomic E-state index is 10.8. The molecule has 1 aromatic carbocycles. The lowest BCUT2D eigenvalue weighted by Gasteiger charge is -2.16. The molecule has 7 nitrogen and oxygen atoms in total. The molecule has 0 heterocycles. The molecule has 1 saturated carbocycles. The minimum atomic E-state index is -0.472. The highest BCUT2D eigenvalue weighted by Crippen LogP contribution is 2.49. The first-order chi connectivity index (χ1) is 9.47. The lowest BCUT2D eigenvalue weighted by molar-refractivity contribution is -0.385. The van der Waals surface area contributed by atoms with Gasteiger partial charge in [0, 0.05) is 17.9 Å². The molecule has 0 unspecified atom stereocenters. The van der Waals surface area contributed by atoms with Gasteiger partial charge in [-0.05, 0) is 34.8 Å². The van der Waals surface area contributed by atoms with Crippen molar-refractivity contribution in [3.05, 3.63) is 32.8 Å². The molecule has 1 aromatic rings. The van der Waals surface area contributed by atoms with Crippen molar-refractivity contribution in [3.8, 4) is 5.75 Å². The summed E-state index contributed by atoms with van der Waals surface area (Å²) in [5, 5.41) is 22.4. The van der Waals surface area contributed by atoms with Gasteiger partial charge in [-0.2, -0.15) is 0 Å². The predicted molar refractivity (Wildman–Crippen MR) is 76.0 cm³/mol. The second kappa shape index (κ2) is 5.66. The van der Waals surface area contributed by atoms with Crippen molar-refractivity contribution in [1.29, 1.82) is 0 Å². The largest absolute Gasteiger partial charge is 0.492 e. The van der Waals surface area contributed by atoms with E-state index in [1.807, 2.05) is 0 Å². The summed E-state index contributed by atoms with van der Waals surface area (Å²) >= 11 is 3.18. The molecule has 3 N–H and O–H groups in total. The number of nitro benzene ring substituents is 1. The fourth-order valence-corrected chi connectivity index (χ4v) is 2.47. The maximum Gasteiger partial charge on any atom is 0.287 e. The SMILES string of the molecule is N/C(CC1(COc2cccc([N+](=O)[O-])c2Br)CC1)=N/O. The van der Waals surface area contributed by atoms with Crippen LogP contribution in [0.5, 0.6) is 5.75 Å². The van der Waals surface area contributed by atoms with Crippen LogP contribution in [-0.2, 0) is 0 Å². The van der Waals surface area contributed by atoms with Crippen LogP contribution in [0.15, 0.2) is 27.8 Å². The molecule has 1 aliphatic rings. The molecule has 0 saturated heterocycles. The third kappa shape index (κ3) is 3.19. The van der Waals surface area contributed by atoms with Crippen LogP contribution in [-0.4, -0.2) is 22.6 Å². The standard InChI is InChI=1S/C12H14BrN3O4/c13-11-8(16(18)19)2-1-3-9(11)20-7-12(4-5-12)6-10(14)15-17/h1-3,17H,4-7H2,(H2,14,15). The minimum Gasteiger partial charge on any atom is -0.492 e. The van der Waals surface area contributed by atoms with Crippen molar-refractivity contribution in [1.82, 2.24) is 0 Å². The van der Waals surface area contributed by atoms with Gasteiger partial charge in [-0.25, -0.2) is 0 Å². The fraction of sp³-hybridized carbons (Fsp3) is 0.417. The van der Waals surface area contributed by atoms with E-state index >= 15 is 0 Å². The zero-order valence-corrected chi connectivity index (χ0v) is 12.2. The van der Waals surface area contributed by atoms with Crippen molar-refractivity contribution >= 4 is 27.5 Å². The molecule has 108 valence electrons. The zero-order chi connectivity index (χ0) is 14.8. The smallest absolute Gasteiger partial charge is 0.287 e. The minimum absolute atomic E-state index is 0.0382. The van der Waals surface area contributed by atoms with E-state index in [9.17, 15) is 10.1 Å². The summed E-state index contributed by atoms with van der Waals surface area (Å²) in [6.45, 7) is 0.378. The molecule has 0 radical (unpaired) electrons. The molecule has 1 aliphatic carbocycles. The Morgan fingerprint density at radius 3 is 2.85 bits per heavy atom. The average molecular weight is 344 g/mol. The number of nitrogens with zero attached hydrogens (tertiary/aromatic N) is 2. The van der Waals surface area contributed by atoms with Crippen molar-refractivity contribution in [3.63, 3.8) is 0 Å². The van der Waals surface area contributed by atoms with Crippen LogP contribution in [0.2, 0.25) is 0 Å². The monoisotopic (exact) mass is 343 g/mol. The van der Waals surface area contributed by atoms with Crippen LogP contribution in [0, 0.1) is 15.5 Å². The molecular formula is C12H14BrN3O4. The Bertz CT molecular complexity index is 558. The first-order valence-electron chi connectivity index (χ1n) is 5.99. The summed E-state index contributed by atoms with van der Waals surface area (Å²) in [4.78, 5) is 10.4. The molecule has 2 rings (SSSR count). The Labute approximate surface area is 123 Å². The summed E-state index contributed by atoms with van der Waals surface area (Å²) in [6, 6.07) is 4.64. The van der Waals surface area contributed by atoms with Gasteiger partial charge in [-0.3, -0.25) is 10.1 Å². The van der Waals surface area contributed by atoms with Crippen molar-refractivity contribution in [2.75, 3.05) is 6.61 Å². The topological polar surface area (TPSA) is 111 Å². The number of benzene rings is 1. The van der Waals surface area contributed by atoms with E-state index in [1.165, 1.54) is 6.07 Å². The second-order valence-corrected chi connectivity index (χ2v) is 5.70. The van der Waals surface area contributed by atoms with Crippen LogP contribution in [0.4, 0.5) is 5.69 Å². The lowest BCUT2D eigenvalue weighted by atomic mass is 10.0. The molecule has 8 heteroatoms. The Hall–Kier alpha value is -1.83. The number of rotatable bonds is 6. The van der Waals surface area contributed by atoms with Gasteiger partial charge in [0.25, 0.3) is 5.69 Å². The predicted octanol–water partition coefficient (Wildman–Crippen LogP) is 2.65. The highest BCUT2D eigenvalue weighted by atomic mass is 79.9. The zero-order valence-electron chi connectivity index (χ0n) is 10.6. The molecule has 0 amide bonds. The van der Waals surface area contributed by atoms with Crippen LogP contribution < -0.4 is 10.5 Å². The summed E-state index contributed by atoms with van der Waals surface area (Å²) in [7, 11) is 0. The van der Waals surface area contributed by atoms with Gasteiger partial charge in [-0.15, -0.1) is 0 Å². The number of hydrogen-bond acceptors (Lipinski definition) is 5. The van der Waals surface area contributed by atoms with E-state index in [0.29, 0.717) is 23.2 Å². The number of halogens is 1. The Morgan fingerprint density at radius 1 is 1.60 bits per heavy atom. The van der Waals surface area contributed by atoms with Crippen molar-refractivity contribution in [2.24, 2.45) is 16.3 Å². The van der Waals surface area contributed by atoms with E-state index in [0.717, 1.165) is 12.8 Å². The second-order valence-electron chi connectivity index (χ2n) is 4.90. The van der Waals surface area contributed by atoms with Crippen LogP contribution in [0.3, 0.4) is 0 Å². The van der Waals surface area contributed by atoms with Crippen LogP contribution in [0.25, 0.3) is 0 Å². The van der Waals surface area contributed by atoms with Gasteiger partial charge >= 0.3 is 0 Å². The van der Waals surface area contributed by atoms with E-state index in [1.54, 1.807) is 12.1 Å². The summed E-state index contributed by atoms with van der Waals surface area (Å²) in [5.41, 5.74) is 5.34. The van der Waals surface area contributed by atoms with E-state index in [4.69, 9.17) is 15.7 Å². The highest BCUT2D eigenvalue weighted by Gasteiger charge is 2.44. The number of nitrogens with two attached hydrogens (primary N) is 1. The highest BCUT2D eigenvalue weighted by molar-refractivity contribution is 9.10. The normalized spacial score (nSPS) is 16.8. The van der Waals surface area contributed by atoms with Crippen LogP contribution >= 0.6 is 15.9 Å². The van der Waals surface area contributed by atoms with E-state index < -0.39 is 4.92 Å². The average Bonchev–Trinajstić information content (AvgIpc) is 3.17. The van der Waals surface area contributed by atoms with E-state index in [2.05, 4.69) is 21.1 Å². The number of amidine groups is 1. The number of hydrogen-bond donors (Lipinski definition) is 2. The number of oxime groups is 1. The van der Waals surface area contributed by atoms with Gasteiger partial charge in [-0.1, -0.05) is 11.2 Å². The van der Waals surface area contributed by atoms with Crippen molar-refractivity contribution in [2.45, 2.75) is 19.3 Å². The summed E-state index contributed by atoms with van der Waals surface area (Å²) < 4.78 is 5.98. The fourth-order valence-electron chi connectivity index (χ4n) is 1.95. The molecule has 0 aromatic heterocycles. The summed E-state index contributed by atoms with van der Waals surface area (Å²) in [5.74, 6) is 0.592. The first kappa shape index (κ1) is 14.6. The van der Waals surface area contributed by atoms with Crippen LogP contribution in [0.1, 0.15) is 19.3 Å². The Morgan fingerprint density at radius 2 is 2.30 bits per heavy atom. The summed E-state index contributed by atoms with van der Waals surface area (Å²) in [6.07, 6.45) is 2.31. The molecule has 0 atom stereocenters. The first-order valence-corrected chi connectivity index (χ1v) is 6.79.